The third-order valence-electron chi connectivity index (χ3n) is 8.87. The van der Waals surface area contributed by atoms with E-state index in [9.17, 15) is 20.0 Å². The van der Waals surface area contributed by atoms with Crippen molar-refractivity contribution in [1.29, 1.82) is 0 Å². The molecule has 1 saturated heterocycles. The van der Waals surface area contributed by atoms with Crippen molar-refractivity contribution >= 4 is 11.9 Å². The lowest BCUT2D eigenvalue weighted by Crippen LogP contribution is -2.61. The normalized spacial score (nSPS) is 45.3. The van der Waals surface area contributed by atoms with Crippen LogP contribution >= 0.6 is 0 Å². The first-order chi connectivity index (χ1) is 14.8. The minimum atomic E-state index is -1.00. The molecule has 32 heavy (non-hydrogen) atoms. The minimum absolute atomic E-state index is 0.0732. The molecule has 0 spiro atoms. The second kappa shape index (κ2) is 7.67. The quantitative estimate of drug-likeness (QED) is 0.274. The van der Waals surface area contributed by atoms with E-state index in [0.717, 1.165) is 24.8 Å². The van der Waals surface area contributed by atoms with Crippen LogP contribution in [0.2, 0.25) is 0 Å². The molecular weight excluding hydrogens is 412 g/mol. The van der Waals surface area contributed by atoms with Crippen LogP contribution in [0.4, 0.5) is 0 Å². The Kier molecular flexibility index (Phi) is 5.63. The zero-order chi connectivity index (χ0) is 23.5. The molecule has 0 aromatic rings. The molecule has 0 aromatic heterocycles. The Labute approximate surface area is 189 Å². The van der Waals surface area contributed by atoms with E-state index in [1.807, 2.05) is 20.8 Å². The van der Waals surface area contributed by atoms with Crippen molar-refractivity contribution in [3.8, 4) is 0 Å². The van der Waals surface area contributed by atoms with Crippen molar-refractivity contribution in [3.63, 3.8) is 0 Å². The first-order valence-corrected chi connectivity index (χ1v) is 11.7. The van der Waals surface area contributed by atoms with Gasteiger partial charge >= 0.3 is 11.9 Å². The number of esters is 2. The van der Waals surface area contributed by atoms with E-state index in [4.69, 9.17) is 14.4 Å². The van der Waals surface area contributed by atoms with Crippen LogP contribution in [0.15, 0.2) is 23.8 Å². The number of hydrogen-bond donors (Lipinski definition) is 2. The summed E-state index contributed by atoms with van der Waals surface area (Å²) >= 11 is 0. The summed E-state index contributed by atoms with van der Waals surface area (Å²) in [6.07, 6.45) is 8.35. The van der Waals surface area contributed by atoms with Crippen LogP contribution in [-0.2, 0) is 24.0 Å². The van der Waals surface area contributed by atoms with E-state index in [0.29, 0.717) is 19.3 Å². The summed E-state index contributed by atoms with van der Waals surface area (Å²) in [5.41, 5.74) is -1.96. The number of rotatable bonds is 6. The molecule has 2 aliphatic heterocycles. The van der Waals surface area contributed by atoms with Crippen LogP contribution in [-0.4, -0.2) is 45.7 Å². The Morgan fingerprint density at radius 3 is 2.59 bits per heavy atom. The van der Waals surface area contributed by atoms with Crippen molar-refractivity contribution < 1.29 is 34.3 Å². The van der Waals surface area contributed by atoms with Gasteiger partial charge in [-0.3, -0.25) is 10.1 Å². The van der Waals surface area contributed by atoms with Gasteiger partial charge in [0.05, 0.1) is 11.0 Å². The van der Waals surface area contributed by atoms with Gasteiger partial charge in [-0.05, 0) is 82.4 Å². The monoisotopic (exact) mass is 448 g/mol. The highest BCUT2D eigenvalue weighted by molar-refractivity contribution is 5.86. The summed E-state index contributed by atoms with van der Waals surface area (Å²) in [6.45, 7) is 9.66. The number of aliphatic hydroxyl groups is 1. The fraction of sp³-hybridized carbons (Fsp3) is 0.760. The average molecular weight is 449 g/mol. The zero-order valence-electron chi connectivity index (χ0n) is 19.7. The predicted molar refractivity (Wildman–Crippen MR) is 116 cm³/mol. The largest absolute Gasteiger partial charge is 0.461 e. The van der Waals surface area contributed by atoms with Gasteiger partial charge in [0.2, 0.25) is 0 Å². The first kappa shape index (κ1) is 23.5. The second-order valence-electron chi connectivity index (χ2n) is 11.4. The number of ether oxygens (including phenoxy) is 2. The van der Waals surface area contributed by atoms with Crippen molar-refractivity contribution in [2.45, 2.75) is 96.6 Å². The number of cyclic esters (lactones) is 1. The Morgan fingerprint density at radius 1 is 1.25 bits per heavy atom. The highest BCUT2D eigenvalue weighted by atomic mass is 17.1. The first-order valence-electron chi connectivity index (χ1n) is 11.7. The highest BCUT2D eigenvalue weighted by Gasteiger charge is 2.69. The molecule has 8 atom stereocenters. The molecule has 2 heterocycles. The number of hydrogen-bond acceptors (Lipinski definition) is 7. The molecule has 3 fully saturated rings. The summed E-state index contributed by atoms with van der Waals surface area (Å²) < 4.78 is 11.0. The summed E-state index contributed by atoms with van der Waals surface area (Å²) in [7, 11) is 0. The molecule has 4 aliphatic rings. The van der Waals surface area contributed by atoms with Crippen molar-refractivity contribution in [2.24, 2.45) is 22.7 Å². The molecule has 0 bridgehead atoms. The van der Waals surface area contributed by atoms with Gasteiger partial charge in [-0.25, -0.2) is 9.68 Å². The summed E-state index contributed by atoms with van der Waals surface area (Å²) in [6, 6.07) is 0. The maximum Gasteiger partial charge on any atom is 0.331 e. The van der Waals surface area contributed by atoms with Crippen LogP contribution in [0.5, 0.6) is 0 Å². The maximum absolute atomic E-state index is 12.8. The summed E-state index contributed by atoms with van der Waals surface area (Å²) in [4.78, 5) is 29.1. The van der Waals surface area contributed by atoms with Crippen LogP contribution < -0.4 is 0 Å². The molecule has 4 rings (SSSR count). The Hall–Kier alpha value is -1.70. The van der Waals surface area contributed by atoms with E-state index in [-0.39, 0.29) is 35.3 Å². The molecule has 2 saturated carbocycles. The Bertz CT molecular complexity index is 860. The van der Waals surface area contributed by atoms with Crippen LogP contribution in [0.1, 0.15) is 73.1 Å². The molecule has 178 valence electrons. The molecule has 7 nitrogen and oxygen atoms in total. The fourth-order valence-electron chi connectivity index (χ4n) is 7.32. The topological polar surface area (TPSA) is 102 Å². The molecule has 2 aliphatic carbocycles. The van der Waals surface area contributed by atoms with E-state index in [1.54, 1.807) is 19.1 Å². The predicted octanol–water partition coefficient (Wildman–Crippen LogP) is 3.95. The van der Waals surface area contributed by atoms with E-state index in [2.05, 4.69) is 6.92 Å². The van der Waals surface area contributed by atoms with Gasteiger partial charge in [0, 0.05) is 18.4 Å². The smallest absolute Gasteiger partial charge is 0.331 e. The van der Waals surface area contributed by atoms with Gasteiger partial charge in [-0.2, -0.15) is 0 Å². The van der Waals surface area contributed by atoms with Crippen LogP contribution in [0.3, 0.4) is 0 Å². The Morgan fingerprint density at radius 2 is 1.97 bits per heavy atom. The average Bonchev–Trinajstić information content (AvgIpc) is 3.14. The molecular formula is C25H36O7. The lowest BCUT2D eigenvalue weighted by atomic mass is 9.44. The molecule has 0 radical (unpaired) electrons. The summed E-state index contributed by atoms with van der Waals surface area (Å²) in [5.74, 6) is -0.516. The third-order valence-corrected chi connectivity index (χ3v) is 8.87. The fourth-order valence-corrected chi connectivity index (χ4v) is 7.32. The standard InChI is InChI=1S/C25H36O7/c1-15-13-19(26)30-16(15)7-11-22(2,32-29)12-8-18-23(3)9-6-10-24(4)20(23)17(31-21(24)27)14-25(18,5)28/h7,11,13,16-18,20,28-29H,6,8-10,12,14H2,1-5H3. The van der Waals surface area contributed by atoms with E-state index >= 15 is 0 Å². The molecule has 8 unspecified atom stereocenters. The zero-order valence-corrected chi connectivity index (χ0v) is 19.7. The van der Waals surface area contributed by atoms with Crippen molar-refractivity contribution in [3.05, 3.63) is 23.8 Å². The molecule has 0 aromatic carbocycles. The maximum atomic E-state index is 12.8. The lowest BCUT2D eigenvalue weighted by Gasteiger charge is -2.59. The van der Waals surface area contributed by atoms with Gasteiger partial charge in [0.15, 0.2) is 0 Å². The second-order valence-corrected chi connectivity index (χ2v) is 11.4. The van der Waals surface area contributed by atoms with Crippen LogP contribution in [0.25, 0.3) is 0 Å². The highest BCUT2D eigenvalue weighted by Crippen LogP contribution is 2.66. The number of carbonyl (C=O) groups is 2. The van der Waals surface area contributed by atoms with Gasteiger partial charge in [0.25, 0.3) is 0 Å². The molecule has 0 amide bonds. The van der Waals surface area contributed by atoms with Gasteiger partial charge in [-0.15, -0.1) is 0 Å². The molecule has 7 heteroatoms. The lowest BCUT2D eigenvalue weighted by molar-refractivity contribution is -0.306. The SMILES string of the molecule is CC1=CC(=O)OC1C=CC(C)(CCC1C(C)(O)CC2OC(=O)C3(C)CCCC1(C)C23)OO. The summed E-state index contributed by atoms with van der Waals surface area (Å²) in [5, 5.41) is 21.2. The minimum Gasteiger partial charge on any atom is -0.461 e. The molecule has 2 N–H and O–H groups in total. The van der Waals surface area contributed by atoms with Crippen molar-refractivity contribution in [2.75, 3.05) is 0 Å². The van der Waals surface area contributed by atoms with Crippen molar-refractivity contribution in [1.82, 2.24) is 0 Å². The van der Waals surface area contributed by atoms with Gasteiger partial charge in [0.1, 0.15) is 17.8 Å². The number of carbonyl (C=O) groups excluding carboxylic acids is 2. The van der Waals surface area contributed by atoms with E-state index in [1.165, 1.54) is 6.08 Å². The Balaban J connectivity index is 1.55. The third kappa shape index (κ3) is 3.62. The van der Waals surface area contributed by atoms with Crippen LogP contribution in [0, 0.1) is 22.7 Å². The van der Waals surface area contributed by atoms with E-state index < -0.39 is 22.7 Å². The van der Waals surface area contributed by atoms with Gasteiger partial charge < -0.3 is 14.6 Å². The van der Waals surface area contributed by atoms with Gasteiger partial charge in [-0.1, -0.05) is 13.3 Å².